The van der Waals surface area contributed by atoms with E-state index in [9.17, 15) is 4.79 Å². The van der Waals surface area contributed by atoms with Gasteiger partial charge in [0.05, 0.1) is 12.3 Å². The number of carbonyl (C=O) groups excluding carboxylic acids is 1. The first-order valence-electron chi connectivity index (χ1n) is 4.39. The molecule has 2 rings (SSSR count). The van der Waals surface area contributed by atoms with Crippen molar-refractivity contribution in [2.75, 3.05) is 5.32 Å². The number of hydrogen-bond donors (Lipinski definition) is 1. The van der Waals surface area contributed by atoms with E-state index in [4.69, 9.17) is 5.26 Å². The molecule has 0 spiro atoms. The lowest BCUT2D eigenvalue weighted by atomic mass is 9.69. The van der Waals surface area contributed by atoms with Crippen LogP contribution in [0.4, 0.5) is 5.69 Å². The summed E-state index contributed by atoms with van der Waals surface area (Å²) in [6.45, 7) is 0. The number of carbonyl (C=O) groups is 1. The van der Waals surface area contributed by atoms with E-state index in [0.717, 1.165) is 6.42 Å². The van der Waals surface area contributed by atoms with Crippen molar-refractivity contribution in [3.8, 4) is 6.07 Å². The van der Waals surface area contributed by atoms with Crippen molar-refractivity contribution in [2.45, 2.75) is 19.3 Å². The van der Waals surface area contributed by atoms with E-state index in [2.05, 4.69) is 21.1 Å². The van der Waals surface area contributed by atoms with E-state index in [1.807, 2.05) is 0 Å². The molecule has 1 aliphatic carbocycles. The van der Waals surface area contributed by atoms with Crippen molar-refractivity contribution in [1.82, 2.24) is 5.16 Å². The molecule has 1 aromatic heterocycles. The summed E-state index contributed by atoms with van der Waals surface area (Å²) >= 11 is 0. The van der Waals surface area contributed by atoms with Gasteiger partial charge in [-0.3, -0.25) is 4.79 Å². The van der Waals surface area contributed by atoms with Crippen LogP contribution in [0.15, 0.2) is 17.0 Å². The zero-order valence-electron chi connectivity index (χ0n) is 7.49. The van der Waals surface area contributed by atoms with Crippen molar-refractivity contribution < 1.29 is 9.32 Å². The Morgan fingerprint density at radius 3 is 2.93 bits per heavy atom. The van der Waals surface area contributed by atoms with E-state index >= 15 is 0 Å². The van der Waals surface area contributed by atoms with Crippen LogP contribution in [0.3, 0.4) is 0 Å². The van der Waals surface area contributed by atoms with Crippen LogP contribution < -0.4 is 5.32 Å². The predicted octanol–water partition coefficient (Wildman–Crippen LogP) is 1.31. The minimum atomic E-state index is -0.822. The molecule has 0 atom stereocenters. The molecule has 1 fully saturated rings. The van der Waals surface area contributed by atoms with Crippen LogP contribution in [-0.4, -0.2) is 11.1 Å². The van der Waals surface area contributed by atoms with Gasteiger partial charge in [0.15, 0.2) is 0 Å². The number of nitrogens with zero attached hydrogens (tertiary/aromatic N) is 2. The maximum atomic E-state index is 11.6. The van der Waals surface area contributed by atoms with E-state index in [1.165, 1.54) is 12.5 Å². The normalized spacial score (nSPS) is 17.9. The Balaban J connectivity index is 2.06. The summed E-state index contributed by atoms with van der Waals surface area (Å²) in [4.78, 5) is 11.6. The number of nitrogens with one attached hydrogen (secondary N) is 1. The summed E-state index contributed by atoms with van der Waals surface area (Å²) in [6, 6.07) is 2.06. The van der Waals surface area contributed by atoms with Crippen LogP contribution in [0.25, 0.3) is 0 Å². The van der Waals surface area contributed by atoms with E-state index in [0.29, 0.717) is 18.5 Å². The molecule has 1 heterocycles. The third kappa shape index (κ3) is 1.25. The molecule has 5 heteroatoms. The third-order valence-electron chi connectivity index (χ3n) is 2.55. The lowest BCUT2D eigenvalue weighted by molar-refractivity contribution is -0.126. The molecule has 1 saturated carbocycles. The molecular weight excluding hydrogens is 182 g/mol. The Hall–Kier alpha value is -1.83. The van der Waals surface area contributed by atoms with Crippen LogP contribution in [0, 0.1) is 16.7 Å². The fourth-order valence-corrected chi connectivity index (χ4v) is 1.44. The van der Waals surface area contributed by atoms with Gasteiger partial charge in [-0.15, -0.1) is 0 Å². The number of nitriles is 1. The summed E-state index contributed by atoms with van der Waals surface area (Å²) < 4.78 is 4.57. The van der Waals surface area contributed by atoms with Crippen LogP contribution in [-0.2, 0) is 4.79 Å². The smallest absolute Gasteiger partial charge is 0.244 e. The van der Waals surface area contributed by atoms with Gasteiger partial charge in [-0.05, 0) is 19.3 Å². The zero-order chi connectivity index (χ0) is 10.0. The average Bonchev–Trinajstić information content (AvgIpc) is 2.55. The predicted molar refractivity (Wildman–Crippen MR) is 47.0 cm³/mol. The van der Waals surface area contributed by atoms with Gasteiger partial charge < -0.3 is 9.84 Å². The molecule has 0 aromatic carbocycles. The Morgan fingerprint density at radius 2 is 2.50 bits per heavy atom. The first-order valence-corrected chi connectivity index (χ1v) is 4.39. The molecule has 72 valence electrons. The number of hydrogen-bond acceptors (Lipinski definition) is 4. The second-order valence-corrected chi connectivity index (χ2v) is 3.41. The highest BCUT2D eigenvalue weighted by Crippen LogP contribution is 2.41. The Bertz CT molecular complexity index is 373. The summed E-state index contributed by atoms with van der Waals surface area (Å²) in [7, 11) is 0. The molecule has 14 heavy (non-hydrogen) atoms. The lowest BCUT2D eigenvalue weighted by Crippen LogP contribution is -2.40. The van der Waals surface area contributed by atoms with Crippen LogP contribution >= 0.6 is 0 Å². The zero-order valence-corrected chi connectivity index (χ0v) is 7.49. The fraction of sp³-hybridized carbons (Fsp3) is 0.444. The number of aromatic nitrogens is 1. The van der Waals surface area contributed by atoms with Crippen molar-refractivity contribution >= 4 is 11.6 Å². The molecular formula is C9H9N3O2. The summed E-state index contributed by atoms with van der Waals surface area (Å²) in [5.74, 6) is -0.255. The molecule has 1 N–H and O–H groups in total. The molecule has 0 aliphatic heterocycles. The van der Waals surface area contributed by atoms with E-state index < -0.39 is 5.41 Å². The van der Waals surface area contributed by atoms with Gasteiger partial charge in [0.25, 0.3) is 0 Å². The van der Waals surface area contributed by atoms with Gasteiger partial charge in [-0.1, -0.05) is 5.16 Å². The van der Waals surface area contributed by atoms with Gasteiger partial charge in [0, 0.05) is 0 Å². The first kappa shape index (κ1) is 8.75. The van der Waals surface area contributed by atoms with Gasteiger partial charge in [0.2, 0.25) is 5.91 Å². The second-order valence-electron chi connectivity index (χ2n) is 3.41. The van der Waals surface area contributed by atoms with Gasteiger partial charge in [-0.2, -0.15) is 5.26 Å². The fourth-order valence-electron chi connectivity index (χ4n) is 1.44. The maximum Gasteiger partial charge on any atom is 0.244 e. The van der Waals surface area contributed by atoms with Crippen molar-refractivity contribution in [3.05, 3.63) is 12.5 Å². The quantitative estimate of drug-likeness (QED) is 0.764. The molecule has 0 radical (unpaired) electrons. The molecule has 0 bridgehead atoms. The summed E-state index contributed by atoms with van der Waals surface area (Å²) in [5.41, 5.74) is -0.325. The average molecular weight is 191 g/mol. The maximum absolute atomic E-state index is 11.6. The van der Waals surface area contributed by atoms with Crippen LogP contribution in [0.1, 0.15) is 19.3 Å². The lowest BCUT2D eigenvalue weighted by Gasteiger charge is -2.32. The SMILES string of the molecule is N#CC1(C(=O)Nc2cnoc2)CCC1. The topological polar surface area (TPSA) is 78.9 Å². The van der Waals surface area contributed by atoms with Gasteiger partial charge in [-0.25, -0.2) is 0 Å². The molecule has 1 amide bonds. The molecule has 5 nitrogen and oxygen atoms in total. The Labute approximate surface area is 80.7 Å². The highest BCUT2D eigenvalue weighted by molar-refractivity contribution is 5.97. The van der Waals surface area contributed by atoms with E-state index in [1.54, 1.807) is 0 Å². The molecule has 0 saturated heterocycles. The summed E-state index contributed by atoms with van der Waals surface area (Å²) in [5, 5.41) is 14.9. The standard InChI is InChI=1S/C9H9N3O2/c10-6-9(2-1-3-9)8(13)12-7-4-11-14-5-7/h4-5H,1-3H2,(H,12,13). The minimum Gasteiger partial charge on any atom is -0.363 e. The minimum absolute atomic E-state index is 0.255. The molecule has 1 aromatic rings. The summed E-state index contributed by atoms with van der Waals surface area (Å²) in [6.07, 6.45) is 4.95. The monoisotopic (exact) mass is 191 g/mol. The highest BCUT2D eigenvalue weighted by atomic mass is 16.5. The van der Waals surface area contributed by atoms with Crippen molar-refractivity contribution in [3.63, 3.8) is 0 Å². The Morgan fingerprint density at radius 1 is 1.71 bits per heavy atom. The van der Waals surface area contributed by atoms with E-state index in [-0.39, 0.29) is 5.91 Å². The number of anilines is 1. The Kier molecular flexibility index (Phi) is 1.97. The first-order chi connectivity index (χ1) is 6.77. The number of rotatable bonds is 2. The largest absolute Gasteiger partial charge is 0.363 e. The van der Waals surface area contributed by atoms with Gasteiger partial charge in [0.1, 0.15) is 17.4 Å². The van der Waals surface area contributed by atoms with Crippen molar-refractivity contribution in [2.24, 2.45) is 5.41 Å². The third-order valence-corrected chi connectivity index (χ3v) is 2.55. The van der Waals surface area contributed by atoms with Crippen LogP contribution in [0.5, 0.6) is 0 Å². The van der Waals surface area contributed by atoms with Crippen molar-refractivity contribution in [1.29, 1.82) is 5.26 Å². The molecule has 1 aliphatic rings. The highest BCUT2D eigenvalue weighted by Gasteiger charge is 2.44. The van der Waals surface area contributed by atoms with Crippen LogP contribution in [0.2, 0.25) is 0 Å². The molecule has 0 unspecified atom stereocenters. The number of amides is 1. The van der Waals surface area contributed by atoms with Gasteiger partial charge >= 0.3 is 0 Å². The second kappa shape index (κ2) is 3.14.